The molecule has 2 heterocycles. The van der Waals surface area contributed by atoms with E-state index in [0.717, 1.165) is 18.9 Å². The highest BCUT2D eigenvalue weighted by Crippen LogP contribution is 2.23. The Morgan fingerprint density at radius 2 is 1.92 bits per heavy atom. The van der Waals surface area contributed by atoms with Crippen LogP contribution in [0.1, 0.15) is 12.8 Å². The number of halogens is 2. The normalized spacial score (nSPS) is 21.0. The van der Waals surface area contributed by atoms with E-state index in [4.69, 9.17) is 16.3 Å². The number of piperazine rings is 1. The van der Waals surface area contributed by atoms with Gasteiger partial charge < -0.3 is 19.9 Å². The first-order chi connectivity index (χ1) is 11.5. The first-order valence-corrected chi connectivity index (χ1v) is 8.34. The third-order valence-electron chi connectivity index (χ3n) is 4.26. The van der Waals surface area contributed by atoms with Gasteiger partial charge in [-0.3, -0.25) is 4.79 Å². The predicted molar refractivity (Wildman–Crippen MR) is 87.6 cm³/mol. The molecule has 1 N–H and O–H groups in total. The lowest BCUT2D eigenvalue weighted by atomic mass is 10.2. The Labute approximate surface area is 144 Å². The molecular weight excluding hydrogens is 337 g/mol. The Kier molecular flexibility index (Phi) is 5.20. The van der Waals surface area contributed by atoms with E-state index >= 15 is 0 Å². The van der Waals surface area contributed by atoms with Crippen molar-refractivity contribution in [3.05, 3.63) is 29.0 Å². The van der Waals surface area contributed by atoms with Gasteiger partial charge in [0.05, 0.1) is 10.7 Å². The maximum Gasteiger partial charge on any atom is 0.322 e. The molecule has 0 aromatic heterocycles. The highest BCUT2D eigenvalue weighted by atomic mass is 35.5. The van der Waals surface area contributed by atoms with Gasteiger partial charge in [-0.1, -0.05) is 11.6 Å². The Bertz CT molecular complexity index is 629. The number of nitrogens with one attached hydrogen (secondary N) is 1. The van der Waals surface area contributed by atoms with Gasteiger partial charge in [0.15, 0.2) is 0 Å². The second-order valence-corrected chi connectivity index (χ2v) is 6.28. The smallest absolute Gasteiger partial charge is 0.322 e. The maximum absolute atomic E-state index is 13.0. The van der Waals surface area contributed by atoms with Crippen molar-refractivity contribution in [2.75, 3.05) is 38.1 Å². The highest BCUT2D eigenvalue weighted by Gasteiger charge is 2.31. The van der Waals surface area contributed by atoms with Gasteiger partial charge in [-0.2, -0.15) is 0 Å². The zero-order valence-corrected chi connectivity index (χ0v) is 13.9. The summed E-state index contributed by atoms with van der Waals surface area (Å²) >= 11 is 5.91. The summed E-state index contributed by atoms with van der Waals surface area (Å²) in [4.78, 5) is 27.9. The summed E-state index contributed by atoms with van der Waals surface area (Å²) in [6.45, 7) is 2.45. The molecule has 2 aliphatic rings. The van der Waals surface area contributed by atoms with E-state index < -0.39 is 5.82 Å². The lowest BCUT2D eigenvalue weighted by molar-refractivity contribution is -0.142. The van der Waals surface area contributed by atoms with Crippen LogP contribution in [-0.4, -0.2) is 60.6 Å². The largest absolute Gasteiger partial charge is 0.368 e. The molecule has 1 aromatic rings. The Morgan fingerprint density at radius 3 is 2.54 bits per heavy atom. The van der Waals surface area contributed by atoms with Crippen LogP contribution in [0.2, 0.25) is 5.02 Å². The molecule has 6 nitrogen and oxygen atoms in total. The molecule has 2 aliphatic heterocycles. The van der Waals surface area contributed by atoms with E-state index in [9.17, 15) is 14.0 Å². The van der Waals surface area contributed by atoms with Crippen molar-refractivity contribution in [2.45, 2.75) is 18.9 Å². The number of amides is 3. The van der Waals surface area contributed by atoms with Gasteiger partial charge >= 0.3 is 6.03 Å². The van der Waals surface area contributed by atoms with E-state index in [2.05, 4.69) is 5.32 Å². The molecular formula is C16H19ClFN3O3. The molecule has 2 fully saturated rings. The van der Waals surface area contributed by atoms with Gasteiger partial charge in [-0.25, -0.2) is 9.18 Å². The van der Waals surface area contributed by atoms with Crippen LogP contribution >= 0.6 is 11.6 Å². The molecule has 0 spiro atoms. The minimum absolute atomic E-state index is 0.00846. The van der Waals surface area contributed by atoms with Gasteiger partial charge in [0.25, 0.3) is 5.91 Å². The molecule has 1 atom stereocenters. The fourth-order valence-electron chi connectivity index (χ4n) is 2.89. The maximum atomic E-state index is 13.0. The van der Waals surface area contributed by atoms with Gasteiger partial charge in [0.2, 0.25) is 0 Å². The van der Waals surface area contributed by atoms with Crippen molar-refractivity contribution >= 4 is 29.2 Å². The van der Waals surface area contributed by atoms with Gasteiger partial charge in [-0.15, -0.1) is 0 Å². The Balaban J connectivity index is 1.52. The fourth-order valence-corrected chi connectivity index (χ4v) is 3.11. The monoisotopic (exact) mass is 355 g/mol. The third kappa shape index (κ3) is 3.79. The van der Waals surface area contributed by atoms with Crippen LogP contribution in [0.4, 0.5) is 14.9 Å². The van der Waals surface area contributed by atoms with Crippen LogP contribution in [-0.2, 0) is 9.53 Å². The van der Waals surface area contributed by atoms with Crippen LogP contribution < -0.4 is 5.32 Å². The van der Waals surface area contributed by atoms with Gasteiger partial charge in [0.1, 0.15) is 11.9 Å². The number of anilines is 1. The van der Waals surface area contributed by atoms with E-state index in [0.29, 0.717) is 38.5 Å². The molecule has 24 heavy (non-hydrogen) atoms. The number of urea groups is 1. The SMILES string of the molecule is O=C(Nc1ccc(F)cc1Cl)N1CCN(C(=O)C2CCCO2)CC1. The standard InChI is InChI=1S/C16H19ClFN3O3/c17-12-10-11(18)3-4-13(12)19-16(23)21-7-5-20(6-8-21)15(22)14-2-1-9-24-14/h3-4,10,14H,1-2,5-9H2,(H,19,23). The molecule has 1 aromatic carbocycles. The Hall–Kier alpha value is -1.86. The first-order valence-electron chi connectivity index (χ1n) is 7.96. The second kappa shape index (κ2) is 7.36. The van der Waals surface area contributed by atoms with E-state index in [1.165, 1.54) is 12.1 Å². The van der Waals surface area contributed by atoms with Crippen molar-refractivity contribution in [1.29, 1.82) is 0 Å². The van der Waals surface area contributed by atoms with E-state index in [1.807, 2.05) is 0 Å². The third-order valence-corrected chi connectivity index (χ3v) is 4.57. The molecule has 130 valence electrons. The zero-order valence-electron chi connectivity index (χ0n) is 13.1. The summed E-state index contributed by atoms with van der Waals surface area (Å²) in [5, 5.41) is 2.82. The van der Waals surface area contributed by atoms with Crippen molar-refractivity contribution < 1.29 is 18.7 Å². The van der Waals surface area contributed by atoms with Gasteiger partial charge in [-0.05, 0) is 31.0 Å². The topological polar surface area (TPSA) is 61.9 Å². The predicted octanol–water partition coefficient (Wildman–Crippen LogP) is 2.33. The average molecular weight is 356 g/mol. The lowest BCUT2D eigenvalue weighted by Crippen LogP contribution is -2.53. The quantitative estimate of drug-likeness (QED) is 0.885. The zero-order chi connectivity index (χ0) is 17.1. The molecule has 1 unspecified atom stereocenters. The number of ether oxygens (including phenoxy) is 1. The fraction of sp³-hybridized carbons (Fsp3) is 0.500. The molecule has 8 heteroatoms. The molecule has 0 radical (unpaired) electrons. The van der Waals surface area contributed by atoms with Crippen molar-refractivity contribution in [1.82, 2.24) is 9.80 Å². The number of benzene rings is 1. The second-order valence-electron chi connectivity index (χ2n) is 5.87. The molecule has 3 amide bonds. The summed E-state index contributed by atoms with van der Waals surface area (Å²) in [6.07, 6.45) is 1.35. The van der Waals surface area contributed by atoms with Crippen LogP contribution in [0.3, 0.4) is 0 Å². The molecule has 0 bridgehead atoms. The van der Waals surface area contributed by atoms with Crippen LogP contribution in [0.25, 0.3) is 0 Å². The van der Waals surface area contributed by atoms with E-state index in [-0.39, 0.29) is 23.1 Å². The number of rotatable bonds is 2. The lowest BCUT2D eigenvalue weighted by Gasteiger charge is -2.35. The van der Waals surface area contributed by atoms with Gasteiger partial charge in [0, 0.05) is 32.8 Å². The van der Waals surface area contributed by atoms with Crippen LogP contribution in [0.15, 0.2) is 18.2 Å². The summed E-state index contributed by atoms with van der Waals surface area (Å²) in [5.41, 5.74) is 0.362. The molecule has 2 saturated heterocycles. The number of hydrogen-bond acceptors (Lipinski definition) is 3. The summed E-state index contributed by atoms with van der Waals surface area (Å²) < 4.78 is 18.4. The average Bonchev–Trinajstić information content (AvgIpc) is 3.11. The van der Waals surface area contributed by atoms with E-state index in [1.54, 1.807) is 9.80 Å². The van der Waals surface area contributed by atoms with Crippen molar-refractivity contribution in [3.63, 3.8) is 0 Å². The summed E-state index contributed by atoms with van der Waals surface area (Å²) in [6, 6.07) is 3.50. The molecule has 0 aliphatic carbocycles. The van der Waals surface area contributed by atoms with Crippen LogP contribution in [0.5, 0.6) is 0 Å². The minimum Gasteiger partial charge on any atom is -0.368 e. The Morgan fingerprint density at radius 1 is 1.21 bits per heavy atom. The molecule has 0 saturated carbocycles. The molecule has 3 rings (SSSR count). The number of carbonyl (C=O) groups excluding carboxylic acids is 2. The number of nitrogens with zero attached hydrogens (tertiary/aromatic N) is 2. The summed E-state index contributed by atoms with van der Waals surface area (Å²) in [5.74, 6) is -0.451. The highest BCUT2D eigenvalue weighted by molar-refractivity contribution is 6.33. The first kappa shape index (κ1) is 17.0. The summed E-state index contributed by atoms with van der Waals surface area (Å²) in [7, 11) is 0. The van der Waals surface area contributed by atoms with Crippen molar-refractivity contribution in [3.8, 4) is 0 Å². The minimum atomic E-state index is -0.459. The van der Waals surface area contributed by atoms with Crippen LogP contribution in [0, 0.1) is 5.82 Å². The van der Waals surface area contributed by atoms with Crippen molar-refractivity contribution in [2.24, 2.45) is 0 Å². The number of carbonyl (C=O) groups is 2. The number of hydrogen-bond donors (Lipinski definition) is 1.